The molecule has 0 spiro atoms. The fourth-order valence-corrected chi connectivity index (χ4v) is 3.50. The van der Waals surface area contributed by atoms with Gasteiger partial charge in [-0.1, -0.05) is 36.4 Å². The van der Waals surface area contributed by atoms with E-state index in [1.54, 1.807) is 34.9 Å². The zero-order valence-corrected chi connectivity index (χ0v) is 17.6. The van der Waals surface area contributed by atoms with Crippen molar-refractivity contribution < 1.29 is 14.3 Å². The number of hydrogen-bond acceptors (Lipinski definition) is 4. The van der Waals surface area contributed by atoms with Gasteiger partial charge in [0.25, 0.3) is 5.91 Å². The Morgan fingerprint density at radius 2 is 1.65 bits per heavy atom. The molecule has 6 heteroatoms. The Labute approximate surface area is 180 Å². The first-order valence-electron chi connectivity index (χ1n) is 9.99. The van der Waals surface area contributed by atoms with Crippen LogP contribution in [0.3, 0.4) is 0 Å². The Morgan fingerprint density at radius 3 is 2.35 bits per heavy atom. The van der Waals surface area contributed by atoms with Crippen molar-refractivity contribution in [3.63, 3.8) is 0 Å². The maximum Gasteiger partial charge on any atom is 0.359 e. The summed E-state index contributed by atoms with van der Waals surface area (Å²) in [7, 11) is 0. The molecule has 0 bridgehead atoms. The number of carbonyl (C=O) groups excluding carboxylic acids is 2. The number of imidazole rings is 1. The number of rotatable bonds is 5. The number of fused-ring (bicyclic) bond motifs is 1. The number of pyridine rings is 1. The summed E-state index contributed by atoms with van der Waals surface area (Å²) in [5.41, 5.74) is 5.12. The molecule has 2 heterocycles. The second-order valence-electron chi connectivity index (χ2n) is 7.66. The molecule has 0 saturated heterocycles. The van der Waals surface area contributed by atoms with Crippen LogP contribution in [0.25, 0.3) is 5.65 Å². The van der Waals surface area contributed by atoms with Gasteiger partial charge in [-0.3, -0.25) is 4.79 Å². The number of esters is 1. The standard InChI is InChI=1S/C25H23N3O3/c1-16-9-10-28-15-21(27-22(28)14-16)25(30)31-23(19-7-5-4-6-8-19)24(29)26-20-12-17(2)11-18(3)13-20/h4-15,23H,1-3H3,(H,26,29). The Bertz CT molecular complexity index is 1240. The van der Waals surface area contributed by atoms with Crippen molar-refractivity contribution in [2.45, 2.75) is 26.9 Å². The van der Waals surface area contributed by atoms with E-state index in [-0.39, 0.29) is 5.69 Å². The molecular formula is C25H23N3O3. The lowest BCUT2D eigenvalue weighted by molar-refractivity contribution is -0.125. The van der Waals surface area contributed by atoms with Crippen LogP contribution in [0.1, 0.15) is 38.8 Å². The highest BCUT2D eigenvalue weighted by Gasteiger charge is 2.27. The Hall–Kier alpha value is -3.93. The van der Waals surface area contributed by atoms with Crippen molar-refractivity contribution in [3.8, 4) is 0 Å². The molecule has 4 rings (SSSR count). The van der Waals surface area contributed by atoms with E-state index in [1.165, 1.54) is 0 Å². The molecule has 0 radical (unpaired) electrons. The zero-order valence-electron chi connectivity index (χ0n) is 17.6. The molecule has 2 aromatic carbocycles. The van der Waals surface area contributed by atoms with Gasteiger partial charge >= 0.3 is 5.97 Å². The lowest BCUT2D eigenvalue weighted by atomic mass is 10.1. The second-order valence-corrected chi connectivity index (χ2v) is 7.66. The molecule has 0 aliphatic carbocycles. The van der Waals surface area contributed by atoms with Crippen LogP contribution < -0.4 is 5.32 Å². The summed E-state index contributed by atoms with van der Waals surface area (Å²) in [6.45, 7) is 5.88. The van der Waals surface area contributed by atoms with Crippen LogP contribution in [0.15, 0.2) is 73.1 Å². The van der Waals surface area contributed by atoms with E-state index >= 15 is 0 Å². The van der Waals surface area contributed by atoms with E-state index in [2.05, 4.69) is 10.3 Å². The Kier molecular flexibility index (Phi) is 5.54. The van der Waals surface area contributed by atoms with E-state index < -0.39 is 18.0 Å². The van der Waals surface area contributed by atoms with Gasteiger partial charge in [0, 0.05) is 23.6 Å². The number of ether oxygens (including phenoxy) is 1. The molecule has 1 N–H and O–H groups in total. The van der Waals surface area contributed by atoms with Crippen molar-refractivity contribution in [1.82, 2.24) is 9.38 Å². The van der Waals surface area contributed by atoms with Crippen LogP contribution >= 0.6 is 0 Å². The predicted octanol–water partition coefficient (Wildman–Crippen LogP) is 4.80. The van der Waals surface area contributed by atoms with Gasteiger partial charge in [-0.25, -0.2) is 9.78 Å². The molecule has 1 atom stereocenters. The first kappa shape index (κ1) is 20.3. The summed E-state index contributed by atoms with van der Waals surface area (Å²) in [6, 6.07) is 18.5. The van der Waals surface area contributed by atoms with Gasteiger partial charge in [0.05, 0.1) is 0 Å². The molecule has 0 aliphatic heterocycles. The fraction of sp³-hybridized carbons (Fsp3) is 0.160. The van der Waals surface area contributed by atoms with E-state index in [0.717, 1.165) is 16.7 Å². The first-order valence-corrected chi connectivity index (χ1v) is 9.99. The second kappa shape index (κ2) is 8.44. The van der Waals surface area contributed by atoms with E-state index in [4.69, 9.17) is 4.74 Å². The number of nitrogens with one attached hydrogen (secondary N) is 1. The normalized spacial score (nSPS) is 11.8. The summed E-state index contributed by atoms with van der Waals surface area (Å²) in [5, 5.41) is 2.87. The number of carbonyl (C=O) groups is 2. The van der Waals surface area contributed by atoms with E-state index in [0.29, 0.717) is 16.9 Å². The summed E-state index contributed by atoms with van der Waals surface area (Å²) in [5.74, 6) is -1.09. The van der Waals surface area contributed by atoms with Crippen molar-refractivity contribution in [2.24, 2.45) is 0 Å². The fourth-order valence-electron chi connectivity index (χ4n) is 3.50. The van der Waals surface area contributed by atoms with E-state index in [9.17, 15) is 9.59 Å². The lowest BCUT2D eigenvalue weighted by Crippen LogP contribution is -2.26. The molecule has 0 aliphatic rings. The topological polar surface area (TPSA) is 72.7 Å². The average Bonchev–Trinajstić information content (AvgIpc) is 3.15. The third kappa shape index (κ3) is 4.64. The third-order valence-corrected chi connectivity index (χ3v) is 4.88. The first-order chi connectivity index (χ1) is 14.9. The number of aryl methyl sites for hydroxylation is 3. The lowest BCUT2D eigenvalue weighted by Gasteiger charge is -2.18. The zero-order chi connectivity index (χ0) is 22.0. The quantitative estimate of drug-likeness (QED) is 0.477. The molecule has 0 saturated carbocycles. The van der Waals surface area contributed by atoms with Gasteiger partial charge in [0.15, 0.2) is 5.69 Å². The van der Waals surface area contributed by atoms with Crippen molar-refractivity contribution in [3.05, 3.63) is 101 Å². The average molecular weight is 413 g/mol. The van der Waals surface area contributed by atoms with Gasteiger partial charge in [-0.05, 0) is 61.7 Å². The van der Waals surface area contributed by atoms with Crippen molar-refractivity contribution in [2.75, 3.05) is 5.32 Å². The smallest absolute Gasteiger partial charge is 0.359 e. The molecular weight excluding hydrogens is 390 g/mol. The SMILES string of the molecule is Cc1cc(C)cc(NC(=O)C(OC(=O)c2cn3ccc(C)cc3n2)c2ccccc2)c1. The number of aromatic nitrogens is 2. The number of nitrogens with zero attached hydrogens (tertiary/aromatic N) is 2. The van der Waals surface area contributed by atoms with Crippen LogP contribution in [-0.2, 0) is 9.53 Å². The van der Waals surface area contributed by atoms with Crippen LogP contribution in [0.4, 0.5) is 5.69 Å². The largest absolute Gasteiger partial charge is 0.443 e. The summed E-state index contributed by atoms with van der Waals surface area (Å²) >= 11 is 0. The van der Waals surface area contributed by atoms with Crippen LogP contribution in [0.2, 0.25) is 0 Å². The molecule has 31 heavy (non-hydrogen) atoms. The maximum absolute atomic E-state index is 13.1. The highest BCUT2D eigenvalue weighted by atomic mass is 16.5. The highest BCUT2D eigenvalue weighted by Crippen LogP contribution is 2.23. The summed E-state index contributed by atoms with van der Waals surface area (Å²) in [4.78, 5) is 30.3. The van der Waals surface area contributed by atoms with Gasteiger partial charge in [0.1, 0.15) is 5.65 Å². The molecule has 6 nitrogen and oxygen atoms in total. The highest BCUT2D eigenvalue weighted by molar-refractivity contribution is 5.98. The summed E-state index contributed by atoms with van der Waals surface area (Å²) < 4.78 is 7.40. The molecule has 0 fully saturated rings. The number of amides is 1. The minimum atomic E-state index is -1.11. The molecule has 1 unspecified atom stereocenters. The van der Waals surface area contributed by atoms with Crippen LogP contribution in [0.5, 0.6) is 0 Å². The van der Waals surface area contributed by atoms with Gasteiger partial charge in [0.2, 0.25) is 6.10 Å². The molecule has 4 aromatic rings. The van der Waals surface area contributed by atoms with Crippen molar-refractivity contribution in [1.29, 1.82) is 0 Å². The third-order valence-electron chi connectivity index (χ3n) is 4.88. The predicted molar refractivity (Wildman–Crippen MR) is 119 cm³/mol. The minimum absolute atomic E-state index is 0.144. The number of benzene rings is 2. The maximum atomic E-state index is 13.1. The molecule has 1 amide bonds. The molecule has 2 aromatic heterocycles. The Balaban J connectivity index is 1.61. The number of hydrogen-bond donors (Lipinski definition) is 1. The monoisotopic (exact) mass is 413 g/mol. The van der Waals surface area contributed by atoms with Crippen molar-refractivity contribution >= 4 is 23.2 Å². The Morgan fingerprint density at radius 1 is 0.935 bits per heavy atom. The van der Waals surface area contributed by atoms with Crippen LogP contribution in [-0.4, -0.2) is 21.3 Å². The van der Waals surface area contributed by atoms with Gasteiger partial charge in [-0.15, -0.1) is 0 Å². The van der Waals surface area contributed by atoms with Gasteiger partial charge in [-0.2, -0.15) is 0 Å². The summed E-state index contributed by atoms with van der Waals surface area (Å²) in [6.07, 6.45) is 2.32. The van der Waals surface area contributed by atoms with Gasteiger partial charge < -0.3 is 14.5 Å². The minimum Gasteiger partial charge on any atom is -0.443 e. The van der Waals surface area contributed by atoms with Crippen LogP contribution in [0, 0.1) is 20.8 Å². The molecule has 156 valence electrons. The number of anilines is 1. The van der Waals surface area contributed by atoms with E-state index in [1.807, 2.05) is 63.4 Å².